The van der Waals surface area contributed by atoms with Crippen LogP contribution >= 0.6 is 11.3 Å². The molecule has 2 aromatic carbocycles. The molecule has 0 spiro atoms. The molecule has 3 aromatic rings. The first-order valence-electron chi connectivity index (χ1n) is 7.87. The number of nitrogens with zero attached hydrogens (tertiary/aromatic N) is 4. The van der Waals surface area contributed by atoms with Crippen LogP contribution in [0.1, 0.15) is 5.56 Å². The van der Waals surface area contributed by atoms with Crippen molar-refractivity contribution in [3.63, 3.8) is 0 Å². The number of fused-ring (bicyclic) bond motifs is 1. The van der Waals surface area contributed by atoms with Crippen molar-refractivity contribution in [1.82, 2.24) is 4.98 Å². The van der Waals surface area contributed by atoms with E-state index in [1.165, 1.54) is 17.4 Å². The predicted octanol–water partition coefficient (Wildman–Crippen LogP) is 1.01. The van der Waals surface area contributed by atoms with E-state index in [4.69, 9.17) is 16.0 Å². The van der Waals surface area contributed by atoms with Crippen LogP contribution in [0.4, 0.5) is 5.13 Å². The van der Waals surface area contributed by atoms with Gasteiger partial charge in [0.1, 0.15) is 9.79 Å². The molecule has 6 N–H and O–H groups in total. The van der Waals surface area contributed by atoms with Crippen LogP contribution in [0, 0.1) is 0 Å². The molecule has 0 aliphatic carbocycles. The van der Waals surface area contributed by atoms with Crippen molar-refractivity contribution in [3.05, 3.63) is 35.9 Å². The first kappa shape index (κ1) is 19.5. The Morgan fingerprint density at radius 3 is 2.34 bits per heavy atom. The standard InChI is InChI=1S/C15H13N7O4S3/c16-15-21-12-8(2-1-3-9(12)27-15)7-4-5-10(28(17,23)24)13(29(18,25)26)11(7)14-19-6-20-22-14/h1-5H,6H2,(H2,16,21)(H2,17,23,24)(H2,18,25,26). The van der Waals surface area contributed by atoms with Gasteiger partial charge >= 0.3 is 0 Å². The van der Waals surface area contributed by atoms with E-state index in [0.29, 0.717) is 21.8 Å². The highest BCUT2D eigenvalue weighted by atomic mass is 32.2. The number of anilines is 1. The highest BCUT2D eigenvalue weighted by Gasteiger charge is 2.31. The average Bonchev–Trinajstić information content (AvgIpc) is 3.27. The zero-order chi connectivity index (χ0) is 21.0. The molecular formula is C15H13N7O4S3. The SMILES string of the molecule is Nc1nc2c(-c3ccc(S(N)(=O)=O)c(S(N)(=O)=O)c3C3=NCN=N3)cccc2s1. The summed E-state index contributed by atoms with van der Waals surface area (Å²) < 4.78 is 49.7. The summed E-state index contributed by atoms with van der Waals surface area (Å²) in [4.78, 5) is 7.00. The quantitative estimate of drug-likeness (QED) is 0.529. The number of aromatic nitrogens is 1. The Morgan fingerprint density at radius 1 is 0.966 bits per heavy atom. The predicted molar refractivity (Wildman–Crippen MR) is 108 cm³/mol. The topological polar surface area (TPSA) is 196 Å². The van der Waals surface area contributed by atoms with Gasteiger partial charge in [0.25, 0.3) is 0 Å². The van der Waals surface area contributed by atoms with Gasteiger partial charge in [-0.25, -0.2) is 37.1 Å². The van der Waals surface area contributed by atoms with Gasteiger partial charge in [-0.15, -0.1) is 5.11 Å². The molecule has 0 fully saturated rings. The fraction of sp³-hybridized carbons (Fsp3) is 0.0667. The van der Waals surface area contributed by atoms with Crippen molar-refractivity contribution >= 4 is 52.6 Å². The second kappa shape index (κ2) is 6.64. The van der Waals surface area contributed by atoms with E-state index in [0.717, 1.165) is 10.8 Å². The number of rotatable bonds is 4. The number of nitrogens with two attached hydrogens (primary N) is 3. The molecule has 1 aromatic heterocycles. The minimum Gasteiger partial charge on any atom is -0.375 e. The van der Waals surface area contributed by atoms with Crippen LogP contribution in [0.15, 0.2) is 55.3 Å². The molecule has 150 valence electrons. The van der Waals surface area contributed by atoms with Crippen LogP contribution < -0.4 is 16.0 Å². The van der Waals surface area contributed by atoms with E-state index in [1.54, 1.807) is 18.2 Å². The lowest BCUT2D eigenvalue weighted by Crippen LogP contribution is -2.24. The van der Waals surface area contributed by atoms with Crippen LogP contribution in [0.25, 0.3) is 21.3 Å². The number of benzene rings is 2. The highest BCUT2D eigenvalue weighted by Crippen LogP contribution is 2.38. The molecule has 4 rings (SSSR count). The number of azo groups is 1. The summed E-state index contributed by atoms with van der Waals surface area (Å²) in [5, 5.41) is 18.5. The number of hydrogen-bond donors (Lipinski definition) is 3. The van der Waals surface area contributed by atoms with Gasteiger partial charge in [0.05, 0.1) is 15.8 Å². The fourth-order valence-electron chi connectivity index (χ4n) is 3.06. The maximum absolute atomic E-state index is 12.4. The number of para-hydroxylation sites is 1. The minimum absolute atomic E-state index is 0.0354. The Bertz CT molecular complexity index is 1440. The number of sulfonamides is 2. The molecule has 0 bridgehead atoms. The van der Waals surface area contributed by atoms with Crippen molar-refractivity contribution < 1.29 is 16.8 Å². The molecule has 1 aliphatic rings. The van der Waals surface area contributed by atoms with Crippen molar-refractivity contribution in [2.75, 3.05) is 12.4 Å². The summed E-state index contributed by atoms with van der Waals surface area (Å²) in [6, 6.07) is 7.72. The van der Waals surface area contributed by atoms with Crippen LogP contribution in [0.5, 0.6) is 0 Å². The van der Waals surface area contributed by atoms with E-state index in [2.05, 4.69) is 20.2 Å². The van der Waals surface area contributed by atoms with Crippen molar-refractivity contribution in [1.29, 1.82) is 0 Å². The number of hydrogen-bond acceptors (Lipinski definition) is 10. The molecule has 0 saturated heterocycles. The third-order valence-corrected chi connectivity index (χ3v) is 7.04. The average molecular weight is 452 g/mol. The van der Waals surface area contributed by atoms with Gasteiger partial charge in [0.2, 0.25) is 20.0 Å². The monoisotopic (exact) mass is 451 g/mol. The van der Waals surface area contributed by atoms with Gasteiger partial charge in [-0.3, -0.25) is 0 Å². The number of primary sulfonamides is 2. The Balaban J connectivity index is 2.20. The zero-order valence-electron chi connectivity index (χ0n) is 14.5. The summed E-state index contributed by atoms with van der Waals surface area (Å²) in [6.07, 6.45) is 0. The molecule has 0 amide bonds. The fourth-order valence-corrected chi connectivity index (χ4v) is 5.97. The number of aliphatic imine (C=N–C) groups is 1. The molecule has 29 heavy (non-hydrogen) atoms. The zero-order valence-corrected chi connectivity index (χ0v) is 16.9. The maximum atomic E-state index is 12.4. The van der Waals surface area contributed by atoms with Crippen molar-refractivity contribution in [2.45, 2.75) is 9.79 Å². The van der Waals surface area contributed by atoms with E-state index in [1.807, 2.05) is 0 Å². The number of amidine groups is 1. The molecular weight excluding hydrogens is 438 g/mol. The lowest BCUT2D eigenvalue weighted by molar-refractivity contribution is 0.584. The first-order valence-corrected chi connectivity index (χ1v) is 11.8. The third-order valence-electron chi connectivity index (χ3n) is 4.11. The van der Waals surface area contributed by atoms with E-state index >= 15 is 0 Å². The second-order valence-corrected chi connectivity index (χ2v) is 10.1. The second-order valence-electron chi connectivity index (χ2n) is 5.97. The summed E-state index contributed by atoms with van der Waals surface area (Å²) in [5.74, 6) is -0.0743. The minimum atomic E-state index is -4.55. The molecule has 14 heteroatoms. The number of nitrogen functional groups attached to an aromatic ring is 1. The lowest BCUT2D eigenvalue weighted by Gasteiger charge is -2.16. The van der Waals surface area contributed by atoms with Crippen LogP contribution in [-0.2, 0) is 20.0 Å². The smallest absolute Gasteiger partial charge is 0.240 e. The van der Waals surface area contributed by atoms with Gasteiger partial charge < -0.3 is 5.73 Å². The Morgan fingerprint density at radius 2 is 1.72 bits per heavy atom. The Hall–Kier alpha value is -2.78. The van der Waals surface area contributed by atoms with E-state index in [9.17, 15) is 16.8 Å². The Kier molecular flexibility index (Phi) is 4.47. The molecule has 0 radical (unpaired) electrons. The summed E-state index contributed by atoms with van der Waals surface area (Å²) in [5.41, 5.74) is 7.02. The van der Waals surface area contributed by atoms with Gasteiger partial charge in [-0.05, 0) is 17.7 Å². The molecule has 0 unspecified atom stereocenters. The first-order chi connectivity index (χ1) is 13.6. The van der Waals surface area contributed by atoms with Gasteiger partial charge in [-0.2, -0.15) is 5.11 Å². The highest BCUT2D eigenvalue weighted by molar-refractivity contribution is 7.92. The molecule has 11 nitrogen and oxygen atoms in total. The van der Waals surface area contributed by atoms with Gasteiger partial charge in [-0.1, -0.05) is 29.5 Å². The van der Waals surface area contributed by atoms with Crippen LogP contribution in [-0.4, -0.2) is 34.3 Å². The molecule has 2 heterocycles. The summed E-state index contributed by atoms with van der Waals surface area (Å²) >= 11 is 1.25. The summed E-state index contributed by atoms with van der Waals surface area (Å²) in [7, 11) is -8.97. The summed E-state index contributed by atoms with van der Waals surface area (Å²) in [6.45, 7) is -0.0354. The van der Waals surface area contributed by atoms with Crippen LogP contribution in [0.2, 0.25) is 0 Å². The molecule has 0 saturated carbocycles. The van der Waals surface area contributed by atoms with E-state index in [-0.39, 0.29) is 18.1 Å². The van der Waals surface area contributed by atoms with Crippen molar-refractivity contribution in [3.8, 4) is 11.1 Å². The van der Waals surface area contributed by atoms with Gasteiger partial charge in [0, 0.05) is 5.56 Å². The normalized spacial score (nSPS) is 14.5. The Labute approximate surface area is 169 Å². The maximum Gasteiger partial charge on any atom is 0.240 e. The van der Waals surface area contributed by atoms with Gasteiger partial charge in [0.15, 0.2) is 17.6 Å². The van der Waals surface area contributed by atoms with E-state index < -0.39 is 29.8 Å². The van der Waals surface area contributed by atoms with Crippen LogP contribution in [0.3, 0.4) is 0 Å². The largest absolute Gasteiger partial charge is 0.375 e. The molecule has 0 atom stereocenters. The lowest BCUT2D eigenvalue weighted by atomic mass is 9.98. The van der Waals surface area contributed by atoms with Crippen molar-refractivity contribution in [2.24, 2.45) is 25.5 Å². The number of thiazole rings is 1. The molecule has 1 aliphatic heterocycles. The third kappa shape index (κ3) is 3.40.